The molecule has 0 aromatic carbocycles. The van der Waals surface area contributed by atoms with Crippen LogP contribution in [0, 0.1) is 5.41 Å². The van der Waals surface area contributed by atoms with Gasteiger partial charge in [-0.15, -0.1) is 0 Å². The number of carbonyl (C=O) groups excluding carboxylic acids is 1. The third-order valence-corrected chi connectivity index (χ3v) is 2.15. The zero-order valence-corrected chi connectivity index (χ0v) is 7.03. The highest BCUT2D eigenvalue weighted by atomic mass is 16.1. The van der Waals surface area contributed by atoms with Crippen LogP contribution in [0.2, 0.25) is 0 Å². The van der Waals surface area contributed by atoms with E-state index in [1.165, 1.54) is 12.5 Å². The van der Waals surface area contributed by atoms with E-state index in [1.54, 1.807) is 0 Å². The predicted octanol–water partition coefficient (Wildman–Crippen LogP) is 2.10. The molecule has 1 aliphatic rings. The van der Waals surface area contributed by atoms with Crippen molar-refractivity contribution >= 4 is 11.5 Å². The molecule has 0 saturated heterocycles. The summed E-state index contributed by atoms with van der Waals surface area (Å²) in [4.78, 5) is 10.8. The zero-order chi connectivity index (χ0) is 8.43. The van der Waals surface area contributed by atoms with E-state index in [-0.39, 0.29) is 11.5 Å². The van der Waals surface area contributed by atoms with E-state index < -0.39 is 0 Å². The average Bonchev–Trinajstić information content (AvgIpc) is 2.33. The lowest BCUT2D eigenvalue weighted by Crippen LogP contribution is -2.10. The van der Waals surface area contributed by atoms with Crippen LogP contribution in [-0.4, -0.2) is 11.5 Å². The average molecular weight is 151 g/mol. The Kier molecular flexibility index (Phi) is 2.22. The topological polar surface area (TPSA) is 40.9 Å². The molecule has 0 atom stereocenters. The van der Waals surface area contributed by atoms with Crippen molar-refractivity contribution in [2.24, 2.45) is 0 Å². The highest BCUT2D eigenvalue weighted by molar-refractivity contribution is 6.44. The fourth-order valence-electron chi connectivity index (χ4n) is 1.45. The summed E-state index contributed by atoms with van der Waals surface area (Å²) in [6.45, 7) is 3.47. The molecule has 0 spiro atoms. The van der Waals surface area contributed by atoms with Gasteiger partial charge in [0.15, 0.2) is 5.78 Å². The highest BCUT2D eigenvalue weighted by Gasteiger charge is 2.17. The molecule has 0 radical (unpaired) electrons. The van der Waals surface area contributed by atoms with E-state index in [1.807, 2.05) is 6.92 Å². The van der Waals surface area contributed by atoms with Gasteiger partial charge < -0.3 is 0 Å². The number of ketones is 1. The summed E-state index contributed by atoms with van der Waals surface area (Å²) in [7, 11) is 0. The zero-order valence-electron chi connectivity index (χ0n) is 7.03. The largest absolute Gasteiger partial charge is 0.297 e. The van der Waals surface area contributed by atoms with Gasteiger partial charge in [0.05, 0.1) is 5.71 Å². The summed E-state index contributed by atoms with van der Waals surface area (Å²) in [6, 6.07) is 0. The van der Waals surface area contributed by atoms with Crippen molar-refractivity contribution in [1.82, 2.24) is 0 Å². The van der Waals surface area contributed by atoms with Gasteiger partial charge in [-0.3, -0.25) is 10.2 Å². The maximum absolute atomic E-state index is 10.8. The lowest BCUT2D eigenvalue weighted by atomic mass is 10.0. The molecule has 0 amide bonds. The number of Topliss-reactive ketones (excluding diaryl/α,β-unsaturated/α-hetero) is 1. The Morgan fingerprint density at radius 1 is 1.45 bits per heavy atom. The molecule has 0 unspecified atom stereocenters. The number of allylic oxidation sites excluding steroid dienone is 2. The fraction of sp³-hybridized carbons (Fsp3) is 0.556. The number of hydrogen-bond donors (Lipinski definition) is 1. The lowest BCUT2D eigenvalue weighted by molar-refractivity contribution is -0.111. The van der Waals surface area contributed by atoms with Crippen molar-refractivity contribution in [1.29, 1.82) is 5.41 Å². The molecule has 2 heteroatoms. The molecule has 1 aliphatic carbocycles. The maximum Gasteiger partial charge on any atom is 0.177 e. The van der Waals surface area contributed by atoms with E-state index in [9.17, 15) is 4.79 Å². The van der Waals surface area contributed by atoms with Crippen molar-refractivity contribution in [3.8, 4) is 0 Å². The molecule has 1 rings (SSSR count). The van der Waals surface area contributed by atoms with Gasteiger partial charge in [0.25, 0.3) is 0 Å². The van der Waals surface area contributed by atoms with Gasteiger partial charge in [0.1, 0.15) is 0 Å². The minimum Gasteiger partial charge on any atom is -0.297 e. The molecular weight excluding hydrogens is 138 g/mol. The molecule has 0 bridgehead atoms. The van der Waals surface area contributed by atoms with E-state index in [4.69, 9.17) is 5.41 Å². The second-order valence-electron chi connectivity index (χ2n) is 3.04. The van der Waals surface area contributed by atoms with Crippen LogP contribution in [0.15, 0.2) is 11.1 Å². The number of carbonyl (C=O) groups is 1. The molecule has 1 N–H and O–H groups in total. The van der Waals surface area contributed by atoms with Crippen LogP contribution in [0.3, 0.4) is 0 Å². The third-order valence-electron chi connectivity index (χ3n) is 2.15. The SMILES string of the molecule is CC(=O)C(=N)C1=C(C)CCC1. The Labute approximate surface area is 66.8 Å². The van der Waals surface area contributed by atoms with Gasteiger partial charge in [-0.25, -0.2) is 0 Å². The first kappa shape index (κ1) is 8.18. The molecule has 2 nitrogen and oxygen atoms in total. The summed E-state index contributed by atoms with van der Waals surface area (Å²) >= 11 is 0. The molecule has 0 fully saturated rings. The summed E-state index contributed by atoms with van der Waals surface area (Å²) in [5.74, 6) is -0.110. The van der Waals surface area contributed by atoms with E-state index in [0.29, 0.717) is 0 Å². The Bertz CT molecular complexity index is 238. The van der Waals surface area contributed by atoms with E-state index in [2.05, 4.69) is 0 Å². The van der Waals surface area contributed by atoms with Gasteiger partial charge in [-0.2, -0.15) is 0 Å². The maximum atomic E-state index is 10.8. The highest BCUT2D eigenvalue weighted by Crippen LogP contribution is 2.26. The van der Waals surface area contributed by atoms with Crippen LogP contribution < -0.4 is 0 Å². The van der Waals surface area contributed by atoms with Gasteiger partial charge in [0.2, 0.25) is 0 Å². The van der Waals surface area contributed by atoms with E-state index in [0.717, 1.165) is 24.8 Å². The minimum absolute atomic E-state index is 0.110. The van der Waals surface area contributed by atoms with E-state index >= 15 is 0 Å². The molecule has 60 valence electrons. The quantitative estimate of drug-likeness (QED) is 0.603. The number of rotatable bonds is 2. The Morgan fingerprint density at radius 3 is 2.45 bits per heavy atom. The van der Waals surface area contributed by atoms with Crippen LogP contribution in [0.25, 0.3) is 0 Å². The smallest absolute Gasteiger partial charge is 0.177 e. The molecule has 11 heavy (non-hydrogen) atoms. The third kappa shape index (κ3) is 1.56. The summed E-state index contributed by atoms with van der Waals surface area (Å²) in [5.41, 5.74) is 2.43. The van der Waals surface area contributed by atoms with Crippen molar-refractivity contribution < 1.29 is 4.79 Å². The van der Waals surface area contributed by atoms with Gasteiger partial charge >= 0.3 is 0 Å². The van der Waals surface area contributed by atoms with Crippen LogP contribution >= 0.6 is 0 Å². The van der Waals surface area contributed by atoms with Gasteiger partial charge in [-0.1, -0.05) is 5.57 Å². The van der Waals surface area contributed by atoms with Gasteiger partial charge in [0, 0.05) is 6.92 Å². The molecular formula is C9H13NO. The Balaban J connectivity index is 2.82. The molecule has 0 aromatic heterocycles. The predicted molar refractivity (Wildman–Crippen MR) is 45.0 cm³/mol. The lowest BCUT2D eigenvalue weighted by Gasteiger charge is -2.00. The Hall–Kier alpha value is -0.920. The van der Waals surface area contributed by atoms with Crippen LogP contribution in [0.5, 0.6) is 0 Å². The van der Waals surface area contributed by atoms with Gasteiger partial charge in [-0.05, 0) is 31.8 Å². The van der Waals surface area contributed by atoms with Crippen molar-refractivity contribution in [3.05, 3.63) is 11.1 Å². The second kappa shape index (κ2) is 2.99. The number of nitrogens with one attached hydrogen (secondary N) is 1. The van der Waals surface area contributed by atoms with Crippen LogP contribution in [0.1, 0.15) is 33.1 Å². The molecule has 0 aliphatic heterocycles. The normalized spacial score (nSPS) is 17.3. The summed E-state index contributed by atoms with van der Waals surface area (Å²) < 4.78 is 0. The number of hydrogen-bond acceptors (Lipinski definition) is 2. The van der Waals surface area contributed by atoms with Crippen molar-refractivity contribution in [3.63, 3.8) is 0 Å². The fourth-order valence-corrected chi connectivity index (χ4v) is 1.45. The van der Waals surface area contributed by atoms with Crippen molar-refractivity contribution in [2.45, 2.75) is 33.1 Å². The Morgan fingerprint density at radius 2 is 2.09 bits per heavy atom. The standard InChI is InChI=1S/C9H13NO/c1-6-4-3-5-8(6)9(10)7(2)11/h10H,3-5H2,1-2H3. The second-order valence-corrected chi connectivity index (χ2v) is 3.04. The minimum atomic E-state index is -0.110. The van der Waals surface area contributed by atoms with Crippen LogP contribution in [-0.2, 0) is 4.79 Å². The van der Waals surface area contributed by atoms with Crippen molar-refractivity contribution in [2.75, 3.05) is 0 Å². The monoisotopic (exact) mass is 151 g/mol. The van der Waals surface area contributed by atoms with Crippen LogP contribution in [0.4, 0.5) is 0 Å². The molecule has 0 heterocycles. The summed E-state index contributed by atoms with van der Waals surface area (Å²) in [5, 5.41) is 7.46. The molecule has 0 aromatic rings. The first-order valence-corrected chi connectivity index (χ1v) is 3.91. The molecule has 0 saturated carbocycles. The summed E-state index contributed by atoms with van der Waals surface area (Å²) in [6.07, 6.45) is 3.09. The first-order chi connectivity index (χ1) is 5.13. The first-order valence-electron chi connectivity index (χ1n) is 3.91.